The number of hydrogen-bond acceptors (Lipinski definition) is 3. The van der Waals surface area contributed by atoms with E-state index in [1.165, 1.54) is 0 Å². The van der Waals surface area contributed by atoms with Crippen LogP contribution < -0.4 is 5.32 Å². The van der Waals surface area contributed by atoms with Crippen LogP contribution in [-0.4, -0.2) is 33.5 Å². The van der Waals surface area contributed by atoms with Gasteiger partial charge in [-0.25, -0.2) is 0 Å². The van der Waals surface area contributed by atoms with Gasteiger partial charge in [0.15, 0.2) is 0 Å². The first-order valence-electron chi connectivity index (χ1n) is 6.93. The number of carbonyl (C=O) groups excluding carboxylic acids is 1. The molecule has 0 aliphatic carbocycles. The smallest absolute Gasteiger partial charge is 0.225 e. The van der Waals surface area contributed by atoms with Crippen molar-refractivity contribution in [3.63, 3.8) is 0 Å². The summed E-state index contributed by atoms with van der Waals surface area (Å²) in [7, 11) is 0. The van der Waals surface area contributed by atoms with E-state index in [4.69, 9.17) is 0 Å². The molecule has 2 heterocycles. The average Bonchev–Trinajstić information content (AvgIpc) is 2.70. The fraction of sp³-hybridized carbons (Fsp3) is 0.438. The summed E-state index contributed by atoms with van der Waals surface area (Å²) < 4.78 is 0.243. The van der Waals surface area contributed by atoms with Crippen LogP contribution in [0.1, 0.15) is 19.4 Å². The Kier molecular flexibility index (Phi) is 3.28. The minimum absolute atomic E-state index is 0.0762. The molecular formula is C16H20N2OS. The lowest BCUT2D eigenvalue weighted by Gasteiger charge is -2.46. The fourth-order valence-electron chi connectivity index (χ4n) is 2.86. The summed E-state index contributed by atoms with van der Waals surface area (Å²) in [5.74, 6) is 0.0762. The fourth-order valence-corrected chi connectivity index (χ4v) is 4.43. The maximum Gasteiger partial charge on any atom is 0.225 e. The van der Waals surface area contributed by atoms with Crippen LogP contribution in [0, 0.1) is 0 Å². The van der Waals surface area contributed by atoms with Gasteiger partial charge in [-0.3, -0.25) is 4.79 Å². The molecule has 2 fully saturated rings. The van der Waals surface area contributed by atoms with Crippen molar-refractivity contribution in [1.82, 2.24) is 10.2 Å². The van der Waals surface area contributed by atoms with E-state index in [-0.39, 0.29) is 16.7 Å². The summed E-state index contributed by atoms with van der Waals surface area (Å²) >= 11 is 1.93. The van der Waals surface area contributed by atoms with Crippen LogP contribution in [0.15, 0.2) is 42.6 Å². The van der Waals surface area contributed by atoms with E-state index >= 15 is 0 Å². The molecule has 4 heteroatoms. The Hall–Kier alpha value is -1.42. The predicted molar refractivity (Wildman–Crippen MR) is 83.4 cm³/mol. The molecule has 1 N–H and O–H groups in total. The third-order valence-electron chi connectivity index (χ3n) is 3.84. The van der Waals surface area contributed by atoms with E-state index in [2.05, 4.69) is 30.6 Å². The summed E-state index contributed by atoms with van der Waals surface area (Å²) in [5, 5.41) is 3.48. The summed E-state index contributed by atoms with van der Waals surface area (Å²) in [6.07, 6.45) is 0.436. The number of rotatable bonds is 3. The first-order valence-corrected chi connectivity index (χ1v) is 7.81. The molecule has 2 unspecified atom stereocenters. The number of carbonyl (C=O) groups is 1. The second-order valence-corrected chi connectivity index (χ2v) is 7.92. The summed E-state index contributed by atoms with van der Waals surface area (Å²) in [5.41, 5.74) is 2.10. The van der Waals surface area contributed by atoms with Gasteiger partial charge in [0.05, 0.1) is 12.5 Å². The van der Waals surface area contributed by atoms with E-state index in [0.717, 1.165) is 17.8 Å². The molecular weight excluding hydrogens is 268 g/mol. The van der Waals surface area contributed by atoms with E-state index in [9.17, 15) is 4.79 Å². The summed E-state index contributed by atoms with van der Waals surface area (Å²) in [4.78, 5) is 14.4. The van der Waals surface area contributed by atoms with Crippen molar-refractivity contribution in [1.29, 1.82) is 0 Å². The van der Waals surface area contributed by atoms with Gasteiger partial charge in [0.25, 0.3) is 0 Å². The number of fused-ring (bicyclic) bond motifs is 1. The summed E-state index contributed by atoms with van der Waals surface area (Å²) in [6.45, 7) is 9.61. The normalized spacial score (nSPS) is 26.9. The monoisotopic (exact) mass is 288 g/mol. The minimum atomic E-state index is 0.0762. The van der Waals surface area contributed by atoms with Crippen LogP contribution in [-0.2, 0) is 11.2 Å². The van der Waals surface area contributed by atoms with Gasteiger partial charge in [0.1, 0.15) is 5.37 Å². The highest BCUT2D eigenvalue weighted by Gasteiger charge is 2.52. The Bertz CT molecular complexity index is 541. The molecule has 2 saturated heterocycles. The number of amides is 1. The number of nitrogens with zero attached hydrogens (tertiary/aromatic N) is 1. The van der Waals surface area contributed by atoms with E-state index < -0.39 is 0 Å². The quantitative estimate of drug-likeness (QED) is 0.927. The van der Waals surface area contributed by atoms with Gasteiger partial charge in [-0.2, -0.15) is 0 Å². The van der Waals surface area contributed by atoms with Gasteiger partial charge in [-0.05, 0) is 19.4 Å². The van der Waals surface area contributed by atoms with Gasteiger partial charge >= 0.3 is 0 Å². The highest BCUT2D eigenvalue weighted by Crippen LogP contribution is 2.49. The van der Waals surface area contributed by atoms with Crippen LogP contribution in [0.4, 0.5) is 0 Å². The maximum atomic E-state index is 12.1. The van der Waals surface area contributed by atoms with Crippen LogP contribution in [0.25, 0.3) is 0 Å². The van der Waals surface area contributed by atoms with Crippen molar-refractivity contribution in [3.05, 3.63) is 48.2 Å². The third-order valence-corrected chi connectivity index (χ3v) is 5.37. The van der Waals surface area contributed by atoms with E-state index in [1.807, 2.05) is 42.1 Å². The van der Waals surface area contributed by atoms with Crippen LogP contribution in [0.3, 0.4) is 0 Å². The average molecular weight is 288 g/mol. The van der Waals surface area contributed by atoms with Crippen molar-refractivity contribution in [2.45, 2.75) is 36.4 Å². The molecule has 106 valence electrons. The van der Waals surface area contributed by atoms with Crippen molar-refractivity contribution >= 4 is 17.7 Å². The van der Waals surface area contributed by atoms with Crippen molar-refractivity contribution in [2.75, 3.05) is 6.54 Å². The second-order valence-electron chi connectivity index (χ2n) is 6.09. The molecule has 2 aliphatic rings. The topological polar surface area (TPSA) is 32.3 Å². The molecule has 20 heavy (non-hydrogen) atoms. The predicted octanol–water partition coefficient (Wildman–Crippen LogP) is 2.39. The highest BCUT2D eigenvalue weighted by atomic mass is 32.2. The molecule has 3 rings (SSSR count). The Morgan fingerprint density at radius 1 is 1.45 bits per heavy atom. The molecule has 1 aromatic rings. The number of hydrogen-bond donors (Lipinski definition) is 1. The van der Waals surface area contributed by atoms with Gasteiger partial charge in [-0.15, -0.1) is 11.8 Å². The lowest BCUT2D eigenvalue weighted by Crippen LogP contribution is -2.60. The molecule has 0 radical (unpaired) electrons. The molecule has 1 amide bonds. The van der Waals surface area contributed by atoms with Crippen LogP contribution in [0.2, 0.25) is 0 Å². The Morgan fingerprint density at radius 2 is 2.15 bits per heavy atom. The number of benzene rings is 1. The second kappa shape index (κ2) is 4.85. The van der Waals surface area contributed by atoms with Gasteiger partial charge in [-0.1, -0.05) is 36.9 Å². The lowest BCUT2D eigenvalue weighted by atomic mass is 10.0. The van der Waals surface area contributed by atoms with Crippen molar-refractivity contribution in [2.24, 2.45) is 0 Å². The van der Waals surface area contributed by atoms with Crippen LogP contribution in [0.5, 0.6) is 0 Å². The Balaban J connectivity index is 1.59. The Morgan fingerprint density at radius 3 is 2.85 bits per heavy atom. The zero-order chi connectivity index (χ0) is 14.3. The zero-order valence-corrected chi connectivity index (χ0v) is 12.7. The highest BCUT2D eigenvalue weighted by molar-refractivity contribution is 8.01. The number of nitrogens with one attached hydrogen (secondary N) is 1. The van der Waals surface area contributed by atoms with Crippen LogP contribution >= 0.6 is 11.8 Å². The standard InChI is InChI=1S/C16H20N2OS/c1-11-14(15-18(11)10-16(2,3)20-15)17-13(19)9-12-7-5-4-6-8-12/h4-8,14-15H,1,9-10H2,2-3H3,(H,17,19). The van der Waals surface area contributed by atoms with E-state index in [0.29, 0.717) is 11.8 Å². The summed E-state index contributed by atoms with van der Waals surface area (Å²) in [6, 6.07) is 9.94. The van der Waals surface area contributed by atoms with Gasteiger partial charge < -0.3 is 10.2 Å². The molecule has 3 nitrogen and oxygen atoms in total. The molecule has 2 atom stereocenters. The van der Waals surface area contributed by atoms with E-state index in [1.54, 1.807) is 0 Å². The SMILES string of the molecule is C=C1C(NC(=O)Cc2ccccc2)C2SC(C)(C)CN12. The zero-order valence-electron chi connectivity index (χ0n) is 11.9. The van der Waals surface area contributed by atoms with Crippen molar-refractivity contribution < 1.29 is 4.79 Å². The molecule has 0 saturated carbocycles. The molecule has 1 aromatic carbocycles. The molecule has 0 bridgehead atoms. The lowest BCUT2D eigenvalue weighted by molar-refractivity contribution is -0.121. The van der Waals surface area contributed by atoms with Gasteiger partial charge in [0.2, 0.25) is 5.91 Å². The minimum Gasteiger partial charge on any atom is -0.358 e. The maximum absolute atomic E-state index is 12.1. The first kappa shape index (κ1) is 13.6. The van der Waals surface area contributed by atoms with Crippen molar-refractivity contribution in [3.8, 4) is 0 Å². The Labute approximate surface area is 124 Å². The molecule has 0 aromatic heterocycles. The molecule has 2 aliphatic heterocycles. The third kappa shape index (κ3) is 2.44. The largest absolute Gasteiger partial charge is 0.358 e. The number of thioether (sulfide) groups is 1. The van der Waals surface area contributed by atoms with Gasteiger partial charge in [0, 0.05) is 17.0 Å². The first-order chi connectivity index (χ1) is 9.46. The molecule has 0 spiro atoms.